The molecule has 1 saturated heterocycles. The van der Waals surface area contributed by atoms with E-state index in [1.165, 1.54) is 6.07 Å². The number of hydrogen-bond donors (Lipinski definition) is 1. The predicted octanol–water partition coefficient (Wildman–Crippen LogP) is 2.99. The van der Waals surface area contributed by atoms with Gasteiger partial charge in [0.1, 0.15) is 18.1 Å². The first kappa shape index (κ1) is 21.6. The van der Waals surface area contributed by atoms with Crippen LogP contribution in [0.15, 0.2) is 51.7 Å². The van der Waals surface area contributed by atoms with Crippen molar-refractivity contribution in [2.24, 2.45) is 0 Å². The fraction of sp³-hybridized carbons (Fsp3) is 0.391. The molecule has 1 atom stereocenters. The lowest BCUT2D eigenvalue weighted by Crippen LogP contribution is -2.41. The van der Waals surface area contributed by atoms with Gasteiger partial charge in [0.2, 0.25) is 17.1 Å². The highest BCUT2D eigenvalue weighted by Crippen LogP contribution is 2.34. The third kappa shape index (κ3) is 5.30. The number of carbonyl (C=O) groups excluding carboxylic acids is 1. The molecule has 0 bridgehead atoms. The van der Waals surface area contributed by atoms with Crippen molar-refractivity contribution >= 4 is 5.91 Å². The van der Waals surface area contributed by atoms with Crippen LogP contribution in [0.25, 0.3) is 0 Å². The van der Waals surface area contributed by atoms with E-state index >= 15 is 0 Å². The van der Waals surface area contributed by atoms with Crippen molar-refractivity contribution in [1.29, 1.82) is 0 Å². The highest BCUT2D eigenvalue weighted by molar-refractivity contribution is 5.78. The van der Waals surface area contributed by atoms with Gasteiger partial charge < -0.3 is 23.9 Å². The minimum atomic E-state index is -0.608. The van der Waals surface area contributed by atoms with Gasteiger partial charge in [0.05, 0.1) is 19.1 Å². The number of amides is 1. The molecule has 30 heavy (non-hydrogen) atoms. The molecule has 7 nitrogen and oxygen atoms in total. The summed E-state index contributed by atoms with van der Waals surface area (Å²) >= 11 is 0. The molecule has 1 amide bonds. The van der Waals surface area contributed by atoms with Gasteiger partial charge in [-0.3, -0.25) is 9.59 Å². The quantitative estimate of drug-likeness (QED) is 0.702. The van der Waals surface area contributed by atoms with Gasteiger partial charge in [-0.15, -0.1) is 0 Å². The highest BCUT2D eigenvalue weighted by Gasteiger charge is 2.28. The second-order valence-electron chi connectivity index (χ2n) is 7.50. The number of morpholine rings is 1. The predicted molar refractivity (Wildman–Crippen MR) is 112 cm³/mol. The Morgan fingerprint density at radius 2 is 1.93 bits per heavy atom. The van der Waals surface area contributed by atoms with Gasteiger partial charge in [0.25, 0.3) is 0 Å². The van der Waals surface area contributed by atoms with Crippen LogP contribution in [0, 0.1) is 6.92 Å². The Hall–Kier alpha value is -3.06. The Bertz CT molecular complexity index is 957. The van der Waals surface area contributed by atoms with Gasteiger partial charge in [0.15, 0.2) is 5.76 Å². The molecule has 1 aliphatic rings. The number of benzene rings is 1. The normalized spacial score (nSPS) is 14.9. The van der Waals surface area contributed by atoms with Gasteiger partial charge >= 0.3 is 0 Å². The molecule has 0 saturated carbocycles. The van der Waals surface area contributed by atoms with E-state index in [-0.39, 0.29) is 18.1 Å². The molecule has 1 N–H and O–H groups in total. The van der Waals surface area contributed by atoms with E-state index in [1.54, 1.807) is 24.0 Å². The first-order valence-corrected chi connectivity index (χ1v) is 9.91. The summed E-state index contributed by atoms with van der Waals surface area (Å²) in [7, 11) is 0. The van der Waals surface area contributed by atoms with Gasteiger partial charge in [-0.25, -0.2) is 0 Å². The molecule has 0 unspecified atom stereocenters. The fourth-order valence-corrected chi connectivity index (χ4v) is 3.34. The lowest BCUT2D eigenvalue weighted by atomic mass is 9.91. The molecule has 0 spiro atoms. The minimum absolute atomic E-state index is 0.0614. The van der Waals surface area contributed by atoms with E-state index in [4.69, 9.17) is 13.9 Å². The van der Waals surface area contributed by atoms with Crippen LogP contribution in [0.4, 0.5) is 0 Å². The van der Waals surface area contributed by atoms with Crippen molar-refractivity contribution < 1.29 is 23.8 Å². The summed E-state index contributed by atoms with van der Waals surface area (Å²) in [5, 5.41) is 10.4. The molecule has 0 aliphatic carbocycles. The summed E-state index contributed by atoms with van der Waals surface area (Å²) in [6.45, 7) is 9.77. The van der Waals surface area contributed by atoms with Gasteiger partial charge in [-0.2, -0.15) is 0 Å². The van der Waals surface area contributed by atoms with Crippen LogP contribution < -0.4 is 10.2 Å². The Labute approximate surface area is 175 Å². The van der Waals surface area contributed by atoms with Crippen LogP contribution >= 0.6 is 0 Å². The molecular formula is C23H27NO6. The van der Waals surface area contributed by atoms with E-state index in [0.29, 0.717) is 44.4 Å². The average molecular weight is 413 g/mol. The zero-order valence-electron chi connectivity index (χ0n) is 17.3. The summed E-state index contributed by atoms with van der Waals surface area (Å²) < 4.78 is 16.7. The summed E-state index contributed by atoms with van der Waals surface area (Å²) in [4.78, 5) is 26.8. The van der Waals surface area contributed by atoms with Crippen molar-refractivity contribution in [3.8, 4) is 11.5 Å². The lowest BCUT2D eigenvalue weighted by molar-refractivity contribution is -0.135. The maximum Gasteiger partial charge on any atom is 0.227 e. The second-order valence-corrected chi connectivity index (χ2v) is 7.50. The van der Waals surface area contributed by atoms with E-state index in [0.717, 1.165) is 11.1 Å². The van der Waals surface area contributed by atoms with Crippen molar-refractivity contribution in [3.05, 3.63) is 69.8 Å². The number of hydrogen-bond acceptors (Lipinski definition) is 6. The second kappa shape index (κ2) is 9.63. The van der Waals surface area contributed by atoms with Gasteiger partial charge in [0, 0.05) is 25.6 Å². The van der Waals surface area contributed by atoms with Crippen LogP contribution in [0.5, 0.6) is 11.5 Å². The van der Waals surface area contributed by atoms with Crippen molar-refractivity contribution in [2.75, 3.05) is 32.9 Å². The Kier molecular flexibility index (Phi) is 6.95. The zero-order valence-corrected chi connectivity index (χ0v) is 17.3. The molecule has 1 aromatic carbocycles. The first-order valence-electron chi connectivity index (χ1n) is 9.91. The average Bonchev–Trinajstić information content (AvgIpc) is 2.74. The molecule has 2 heterocycles. The Morgan fingerprint density at radius 3 is 2.57 bits per heavy atom. The standard InChI is InChI=1S/C23H27NO6/c1-15(2)14-29-18-6-4-17(5-7-18)19(13-21(26)24-8-10-28-11-9-24)23-22(27)20(25)12-16(3)30-23/h4-7,12,19,27H,1,8-11,13-14H2,2-3H3/t19-/m0/s1. The summed E-state index contributed by atoms with van der Waals surface area (Å²) in [6.07, 6.45) is 0.0614. The third-order valence-electron chi connectivity index (χ3n) is 4.90. The fourth-order valence-electron chi connectivity index (χ4n) is 3.34. The maximum atomic E-state index is 12.9. The highest BCUT2D eigenvalue weighted by atomic mass is 16.5. The van der Waals surface area contributed by atoms with Crippen LogP contribution in [0.3, 0.4) is 0 Å². The monoisotopic (exact) mass is 413 g/mol. The molecule has 160 valence electrons. The molecule has 1 fully saturated rings. The maximum absolute atomic E-state index is 12.9. The number of rotatable bonds is 7. The third-order valence-corrected chi connectivity index (χ3v) is 4.90. The molecule has 1 aromatic heterocycles. The van der Waals surface area contributed by atoms with Gasteiger partial charge in [-0.05, 0) is 37.1 Å². The van der Waals surface area contributed by atoms with Crippen LogP contribution in [-0.2, 0) is 9.53 Å². The number of aromatic hydroxyl groups is 1. The summed E-state index contributed by atoms with van der Waals surface area (Å²) in [5.74, 6) is -0.0363. The molecule has 2 aromatic rings. The topological polar surface area (TPSA) is 89.2 Å². The zero-order chi connectivity index (χ0) is 21.7. The van der Waals surface area contributed by atoms with E-state index in [9.17, 15) is 14.7 Å². The Balaban J connectivity index is 1.92. The van der Waals surface area contributed by atoms with Crippen LogP contribution in [-0.4, -0.2) is 48.8 Å². The van der Waals surface area contributed by atoms with E-state index < -0.39 is 17.1 Å². The number of ether oxygens (including phenoxy) is 2. The van der Waals surface area contributed by atoms with Gasteiger partial charge in [-0.1, -0.05) is 18.7 Å². The largest absolute Gasteiger partial charge is 0.502 e. The van der Waals surface area contributed by atoms with Crippen LogP contribution in [0.2, 0.25) is 0 Å². The lowest BCUT2D eigenvalue weighted by Gasteiger charge is -2.28. The van der Waals surface area contributed by atoms with Crippen molar-refractivity contribution in [2.45, 2.75) is 26.2 Å². The summed E-state index contributed by atoms with van der Waals surface area (Å²) in [6, 6.07) is 8.43. The van der Waals surface area contributed by atoms with Crippen molar-refractivity contribution in [3.63, 3.8) is 0 Å². The molecular weight excluding hydrogens is 386 g/mol. The smallest absolute Gasteiger partial charge is 0.227 e. The minimum Gasteiger partial charge on any atom is -0.502 e. The summed E-state index contributed by atoms with van der Waals surface area (Å²) in [5.41, 5.74) is 1.11. The SMILES string of the molecule is C=C(C)COc1ccc([C@H](CC(=O)N2CCOCC2)c2oc(C)cc(=O)c2O)cc1. The molecule has 7 heteroatoms. The Morgan fingerprint density at radius 1 is 1.27 bits per heavy atom. The van der Waals surface area contributed by atoms with Crippen LogP contribution in [0.1, 0.15) is 36.3 Å². The van der Waals surface area contributed by atoms with Crippen molar-refractivity contribution in [1.82, 2.24) is 4.90 Å². The first-order chi connectivity index (χ1) is 14.3. The number of nitrogens with zero attached hydrogens (tertiary/aromatic N) is 1. The molecule has 1 aliphatic heterocycles. The van der Waals surface area contributed by atoms with E-state index in [2.05, 4.69) is 6.58 Å². The molecule has 3 rings (SSSR count). The van der Waals surface area contributed by atoms with E-state index in [1.807, 2.05) is 19.1 Å². The number of aryl methyl sites for hydroxylation is 1. The molecule has 0 radical (unpaired) electrons. The number of carbonyl (C=O) groups is 1.